The standard InChI is InChI=1S/C15H17NO2/c1-18-12-15(17,14-5-3-2-4-6-14)11-13-7-9-16-10-8-13/h2-10,17H,11-12H2,1H3. The van der Waals surface area contributed by atoms with Gasteiger partial charge in [0.05, 0.1) is 6.61 Å². The Morgan fingerprint density at radius 2 is 1.78 bits per heavy atom. The summed E-state index contributed by atoms with van der Waals surface area (Å²) in [6, 6.07) is 13.4. The number of ether oxygens (including phenoxy) is 1. The molecule has 0 amide bonds. The van der Waals surface area contributed by atoms with Crippen molar-refractivity contribution in [1.29, 1.82) is 0 Å². The molecule has 1 aromatic heterocycles. The number of hydrogen-bond donors (Lipinski definition) is 1. The summed E-state index contributed by atoms with van der Waals surface area (Å²) in [4.78, 5) is 3.98. The molecule has 1 aromatic carbocycles. The van der Waals surface area contributed by atoms with Gasteiger partial charge in [-0.05, 0) is 23.3 Å². The highest BCUT2D eigenvalue weighted by Gasteiger charge is 2.29. The van der Waals surface area contributed by atoms with E-state index in [-0.39, 0.29) is 6.61 Å². The van der Waals surface area contributed by atoms with Crippen molar-refractivity contribution in [2.75, 3.05) is 13.7 Å². The van der Waals surface area contributed by atoms with Crippen LogP contribution in [0.5, 0.6) is 0 Å². The maximum Gasteiger partial charge on any atom is 0.117 e. The van der Waals surface area contributed by atoms with E-state index < -0.39 is 5.60 Å². The van der Waals surface area contributed by atoms with Gasteiger partial charge in [-0.3, -0.25) is 4.98 Å². The van der Waals surface area contributed by atoms with Gasteiger partial charge in [-0.15, -0.1) is 0 Å². The van der Waals surface area contributed by atoms with E-state index in [1.165, 1.54) is 0 Å². The van der Waals surface area contributed by atoms with Crippen molar-refractivity contribution in [3.05, 3.63) is 66.0 Å². The van der Waals surface area contributed by atoms with Crippen LogP contribution in [-0.2, 0) is 16.8 Å². The van der Waals surface area contributed by atoms with Crippen LogP contribution in [0.15, 0.2) is 54.9 Å². The van der Waals surface area contributed by atoms with E-state index in [4.69, 9.17) is 4.74 Å². The second-order valence-corrected chi connectivity index (χ2v) is 4.36. The molecular weight excluding hydrogens is 226 g/mol. The van der Waals surface area contributed by atoms with Crippen molar-refractivity contribution < 1.29 is 9.84 Å². The summed E-state index contributed by atoms with van der Waals surface area (Å²) in [7, 11) is 1.60. The van der Waals surface area contributed by atoms with Gasteiger partial charge in [-0.1, -0.05) is 30.3 Å². The third-order valence-electron chi connectivity index (χ3n) is 2.94. The van der Waals surface area contributed by atoms with Gasteiger partial charge >= 0.3 is 0 Å². The van der Waals surface area contributed by atoms with Crippen LogP contribution in [0.1, 0.15) is 11.1 Å². The Balaban J connectivity index is 2.27. The Morgan fingerprint density at radius 3 is 2.39 bits per heavy atom. The quantitative estimate of drug-likeness (QED) is 0.875. The van der Waals surface area contributed by atoms with Crippen molar-refractivity contribution >= 4 is 0 Å². The predicted molar refractivity (Wildman–Crippen MR) is 70.2 cm³/mol. The fraction of sp³-hybridized carbons (Fsp3) is 0.267. The first-order valence-corrected chi connectivity index (χ1v) is 5.90. The number of rotatable bonds is 5. The van der Waals surface area contributed by atoms with Crippen LogP contribution >= 0.6 is 0 Å². The first-order chi connectivity index (χ1) is 8.74. The SMILES string of the molecule is COCC(O)(Cc1ccncc1)c1ccccc1. The molecule has 1 unspecified atom stereocenters. The zero-order valence-corrected chi connectivity index (χ0v) is 10.4. The fourth-order valence-corrected chi connectivity index (χ4v) is 2.06. The molecule has 0 aliphatic rings. The maximum absolute atomic E-state index is 10.8. The highest BCUT2D eigenvalue weighted by molar-refractivity contribution is 5.26. The van der Waals surface area contributed by atoms with E-state index in [1.807, 2.05) is 42.5 Å². The minimum absolute atomic E-state index is 0.263. The Kier molecular flexibility index (Phi) is 4.07. The molecule has 3 nitrogen and oxygen atoms in total. The lowest BCUT2D eigenvalue weighted by Gasteiger charge is -2.28. The minimum Gasteiger partial charge on any atom is -0.382 e. The highest BCUT2D eigenvalue weighted by Crippen LogP contribution is 2.25. The van der Waals surface area contributed by atoms with E-state index in [0.717, 1.165) is 11.1 Å². The van der Waals surface area contributed by atoms with Crippen molar-refractivity contribution in [2.24, 2.45) is 0 Å². The molecular formula is C15H17NO2. The Bertz CT molecular complexity index is 472. The average molecular weight is 243 g/mol. The first kappa shape index (κ1) is 12.7. The van der Waals surface area contributed by atoms with Gasteiger partial charge in [0.25, 0.3) is 0 Å². The number of aliphatic hydroxyl groups is 1. The molecule has 3 heteroatoms. The van der Waals surface area contributed by atoms with Crippen LogP contribution in [-0.4, -0.2) is 23.8 Å². The van der Waals surface area contributed by atoms with Crippen molar-refractivity contribution in [1.82, 2.24) is 4.98 Å². The molecule has 0 spiro atoms. The van der Waals surface area contributed by atoms with E-state index in [2.05, 4.69) is 4.98 Å². The van der Waals surface area contributed by atoms with Crippen LogP contribution in [0.4, 0.5) is 0 Å². The molecule has 0 fully saturated rings. The van der Waals surface area contributed by atoms with Crippen molar-refractivity contribution in [3.63, 3.8) is 0 Å². The molecule has 1 N–H and O–H groups in total. The van der Waals surface area contributed by atoms with Crippen molar-refractivity contribution in [3.8, 4) is 0 Å². The number of benzene rings is 1. The lowest BCUT2D eigenvalue weighted by Crippen LogP contribution is -2.33. The first-order valence-electron chi connectivity index (χ1n) is 5.90. The summed E-state index contributed by atoms with van der Waals surface area (Å²) in [6.45, 7) is 0.263. The number of methoxy groups -OCH3 is 1. The minimum atomic E-state index is -1.00. The third kappa shape index (κ3) is 2.94. The number of aromatic nitrogens is 1. The zero-order valence-electron chi connectivity index (χ0n) is 10.4. The zero-order chi connectivity index (χ0) is 12.8. The number of pyridine rings is 1. The molecule has 0 saturated heterocycles. The Labute approximate surface area is 107 Å². The second-order valence-electron chi connectivity index (χ2n) is 4.36. The summed E-state index contributed by atoms with van der Waals surface area (Å²) in [5.74, 6) is 0. The number of nitrogens with zero attached hydrogens (tertiary/aromatic N) is 1. The van der Waals surface area contributed by atoms with Crippen LogP contribution in [0.25, 0.3) is 0 Å². The maximum atomic E-state index is 10.8. The van der Waals surface area contributed by atoms with Gasteiger partial charge in [0.1, 0.15) is 5.60 Å². The largest absolute Gasteiger partial charge is 0.382 e. The van der Waals surface area contributed by atoms with E-state index in [9.17, 15) is 5.11 Å². The lowest BCUT2D eigenvalue weighted by atomic mass is 9.88. The van der Waals surface area contributed by atoms with Crippen LogP contribution in [0.3, 0.4) is 0 Å². The molecule has 2 rings (SSSR count). The molecule has 1 atom stereocenters. The molecule has 0 bridgehead atoms. The predicted octanol–water partition coefficient (Wildman–Crippen LogP) is 2.16. The fourth-order valence-electron chi connectivity index (χ4n) is 2.06. The summed E-state index contributed by atoms with van der Waals surface area (Å²) in [5.41, 5.74) is 0.897. The van der Waals surface area contributed by atoms with Crippen LogP contribution in [0, 0.1) is 0 Å². The van der Waals surface area contributed by atoms with Crippen molar-refractivity contribution in [2.45, 2.75) is 12.0 Å². The molecule has 18 heavy (non-hydrogen) atoms. The number of hydrogen-bond acceptors (Lipinski definition) is 3. The van der Waals surface area contributed by atoms with Gasteiger partial charge in [-0.25, -0.2) is 0 Å². The topological polar surface area (TPSA) is 42.4 Å². The van der Waals surface area contributed by atoms with Gasteiger partial charge in [0, 0.05) is 25.9 Å². The Morgan fingerprint density at radius 1 is 1.11 bits per heavy atom. The van der Waals surface area contributed by atoms with Gasteiger partial charge in [-0.2, -0.15) is 0 Å². The average Bonchev–Trinajstić information content (AvgIpc) is 2.41. The normalized spacial score (nSPS) is 14.1. The van der Waals surface area contributed by atoms with Gasteiger partial charge in [0.2, 0.25) is 0 Å². The molecule has 94 valence electrons. The molecule has 0 aliphatic carbocycles. The molecule has 2 aromatic rings. The summed E-state index contributed by atoms with van der Waals surface area (Å²) < 4.78 is 5.17. The third-order valence-corrected chi connectivity index (χ3v) is 2.94. The van der Waals surface area contributed by atoms with E-state index >= 15 is 0 Å². The van der Waals surface area contributed by atoms with Gasteiger partial charge < -0.3 is 9.84 Å². The molecule has 0 saturated carbocycles. The molecule has 0 radical (unpaired) electrons. The summed E-state index contributed by atoms with van der Waals surface area (Å²) >= 11 is 0. The second kappa shape index (κ2) is 5.76. The smallest absolute Gasteiger partial charge is 0.117 e. The summed E-state index contributed by atoms with van der Waals surface area (Å²) in [6.07, 6.45) is 3.97. The van der Waals surface area contributed by atoms with Crippen LogP contribution < -0.4 is 0 Å². The van der Waals surface area contributed by atoms with E-state index in [1.54, 1.807) is 19.5 Å². The molecule has 0 aliphatic heterocycles. The van der Waals surface area contributed by atoms with E-state index in [0.29, 0.717) is 6.42 Å². The van der Waals surface area contributed by atoms with Crippen LogP contribution in [0.2, 0.25) is 0 Å². The lowest BCUT2D eigenvalue weighted by molar-refractivity contribution is -0.0355. The van der Waals surface area contributed by atoms with Gasteiger partial charge in [0.15, 0.2) is 0 Å². The Hall–Kier alpha value is -1.71. The molecule has 1 heterocycles. The monoisotopic (exact) mass is 243 g/mol. The summed E-state index contributed by atoms with van der Waals surface area (Å²) in [5, 5.41) is 10.8. The highest BCUT2D eigenvalue weighted by atomic mass is 16.5.